The number of imide groups is 1. The number of amides is 2. The Morgan fingerprint density at radius 2 is 1.14 bits per heavy atom. The Hall–Kier alpha value is -3.79. The number of ketones is 1. The molecule has 2 fully saturated rings. The summed E-state index contributed by atoms with van der Waals surface area (Å²) in [7, 11) is 0. The van der Waals surface area contributed by atoms with Crippen molar-refractivity contribution in [3.63, 3.8) is 0 Å². The summed E-state index contributed by atoms with van der Waals surface area (Å²) < 4.78 is 0. The number of Topliss-reactive ketones (excluding diaryl/α,β-unsaturated/α-hetero) is 1. The van der Waals surface area contributed by atoms with Crippen molar-refractivity contribution in [2.75, 3.05) is 4.90 Å². The standard InChI is InChI=1S/C33H31NO3/c1-5-32-25(22-13-9-7-10-14-22)26(23-15-11-8-12-16-23)33(6-2,31(32)37)28-27(32)29(35)34(30(28)36)24-18-17-20(3)19-21(24)4/h7-19,27-28H,5-6H2,1-4H3/t27-,28+,32-,33+. The van der Waals surface area contributed by atoms with Gasteiger partial charge < -0.3 is 0 Å². The van der Waals surface area contributed by atoms with E-state index in [4.69, 9.17) is 0 Å². The van der Waals surface area contributed by atoms with Gasteiger partial charge >= 0.3 is 0 Å². The summed E-state index contributed by atoms with van der Waals surface area (Å²) >= 11 is 0. The molecule has 3 aromatic rings. The second-order valence-electron chi connectivity index (χ2n) is 10.7. The first-order valence-corrected chi connectivity index (χ1v) is 13.2. The highest BCUT2D eigenvalue weighted by atomic mass is 16.2. The van der Waals surface area contributed by atoms with Gasteiger partial charge in [0.25, 0.3) is 0 Å². The van der Waals surface area contributed by atoms with E-state index >= 15 is 0 Å². The van der Waals surface area contributed by atoms with Crippen LogP contribution in [0.15, 0.2) is 78.9 Å². The predicted octanol–water partition coefficient (Wildman–Crippen LogP) is 6.41. The van der Waals surface area contributed by atoms with Gasteiger partial charge in [0.2, 0.25) is 11.8 Å². The SMILES string of the molecule is CC[C@]12C(=O)[C@](CC)(C(c3ccccc3)=C1c1ccccc1)[C@H]1C(=O)N(c3ccc(C)cc3C)C(=O)[C@H]12. The molecule has 4 atom stereocenters. The van der Waals surface area contributed by atoms with Crippen LogP contribution < -0.4 is 4.90 Å². The van der Waals surface area contributed by atoms with Gasteiger partial charge in [-0.2, -0.15) is 0 Å². The Bertz CT molecular complexity index is 1400. The first-order chi connectivity index (χ1) is 17.8. The average molecular weight is 490 g/mol. The maximum Gasteiger partial charge on any atom is 0.239 e. The van der Waals surface area contributed by atoms with Crippen molar-refractivity contribution in [3.8, 4) is 0 Å². The molecular weight excluding hydrogens is 458 g/mol. The highest BCUT2D eigenvalue weighted by Crippen LogP contribution is 2.75. The molecule has 0 radical (unpaired) electrons. The molecule has 37 heavy (non-hydrogen) atoms. The molecule has 2 bridgehead atoms. The molecule has 186 valence electrons. The molecule has 2 amide bonds. The first kappa shape index (κ1) is 23.6. The number of allylic oxidation sites excluding steroid dienone is 2. The minimum atomic E-state index is -1.05. The molecule has 3 aromatic carbocycles. The molecule has 0 aromatic heterocycles. The third-order valence-electron chi connectivity index (χ3n) is 9.15. The molecule has 0 N–H and O–H groups in total. The lowest BCUT2D eigenvalue weighted by Crippen LogP contribution is -2.42. The molecular formula is C33H31NO3. The van der Waals surface area contributed by atoms with Crippen LogP contribution in [0.25, 0.3) is 11.1 Å². The van der Waals surface area contributed by atoms with Crippen molar-refractivity contribution < 1.29 is 14.4 Å². The molecule has 1 saturated heterocycles. The van der Waals surface area contributed by atoms with Crippen molar-refractivity contribution in [3.05, 3.63) is 101 Å². The van der Waals surface area contributed by atoms with E-state index in [2.05, 4.69) is 0 Å². The summed E-state index contributed by atoms with van der Waals surface area (Å²) in [6.07, 6.45) is 0.935. The average Bonchev–Trinajstić information content (AvgIpc) is 3.41. The van der Waals surface area contributed by atoms with Crippen molar-refractivity contribution in [2.45, 2.75) is 40.5 Å². The molecule has 3 aliphatic rings. The lowest BCUT2D eigenvalue weighted by Gasteiger charge is -2.38. The van der Waals surface area contributed by atoms with Crippen LogP contribution in [0.5, 0.6) is 0 Å². The van der Waals surface area contributed by atoms with Crippen LogP contribution in [-0.2, 0) is 14.4 Å². The number of carbonyl (C=O) groups is 3. The molecule has 4 heteroatoms. The first-order valence-electron chi connectivity index (χ1n) is 13.2. The number of carbonyl (C=O) groups excluding carboxylic acids is 3. The Labute approximate surface area is 218 Å². The van der Waals surface area contributed by atoms with Crippen LogP contribution in [0.2, 0.25) is 0 Å². The Balaban J connectivity index is 1.67. The van der Waals surface area contributed by atoms with Crippen LogP contribution in [-0.4, -0.2) is 17.6 Å². The van der Waals surface area contributed by atoms with Gasteiger partial charge in [-0.3, -0.25) is 14.4 Å². The number of hydrogen-bond acceptors (Lipinski definition) is 3. The summed E-state index contributed by atoms with van der Waals surface area (Å²) in [6, 6.07) is 25.8. The van der Waals surface area contributed by atoms with Gasteiger partial charge in [-0.1, -0.05) is 92.2 Å². The largest absolute Gasteiger partial charge is 0.298 e. The highest BCUT2D eigenvalue weighted by molar-refractivity contribution is 6.34. The van der Waals surface area contributed by atoms with Crippen molar-refractivity contribution in [2.24, 2.45) is 22.7 Å². The van der Waals surface area contributed by atoms with Crippen molar-refractivity contribution in [1.82, 2.24) is 0 Å². The van der Waals surface area contributed by atoms with E-state index in [0.29, 0.717) is 18.5 Å². The van der Waals surface area contributed by atoms with E-state index in [1.54, 1.807) is 0 Å². The van der Waals surface area contributed by atoms with Gasteiger partial charge in [-0.25, -0.2) is 4.90 Å². The fourth-order valence-electron chi connectivity index (χ4n) is 7.75. The number of fused-ring (bicyclic) bond motifs is 5. The smallest absolute Gasteiger partial charge is 0.239 e. The van der Waals surface area contributed by atoms with Crippen LogP contribution in [0.1, 0.15) is 48.9 Å². The van der Waals surface area contributed by atoms with Gasteiger partial charge in [0.1, 0.15) is 0 Å². The summed E-state index contributed by atoms with van der Waals surface area (Å²) in [5.41, 5.74) is 4.26. The number of hydrogen-bond donors (Lipinski definition) is 0. The predicted molar refractivity (Wildman–Crippen MR) is 146 cm³/mol. The second kappa shape index (κ2) is 8.11. The highest BCUT2D eigenvalue weighted by Gasteiger charge is 2.80. The van der Waals surface area contributed by atoms with Gasteiger partial charge in [-0.15, -0.1) is 0 Å². The van der Waals surface area contributed by atoms with Crippen LogP contribution in [0.3, 0.4) is 0 Å². The Morgan fingerprint density at radius 3 is 1.54 bits per heavy atom. The maximum atomic E-state index is 14.7. The zero-order valence-electron chi connectivity index (χ0n) is 21.7. The van der Waals surface area contributed by atoms with E-state index in [0.717, 1.165) is 33.4 Å². The lowest BCUT2D eigenvalue weighted by molar-refractivity contribution is -0.134. The normalized spacial score (nSPS) is 28.4. The fourth-order valence-corrected chi connectivity index (χ4v) is 7.75. The maximum absolute atomic E-state index is 14.7. The molecule has 0 unspecified atom stereocenters. The molecule has 0 spiro atoms. The van der Waals surface area contributed by atoms with E-state index in [1.807, 2.05) is 107 Å². The summed E-state index contributed by atoms with van der Waals surface area (Å²) in [5.74, 6) is -1.86. The van der Waals surface area contributed by atoms with Gasteiger partial charge in [0.15, 0.2) is 5.78 Å². The van der Waals surface area contributed by atoms with Crippen molar-refractivity contribution in [1.29, 1.82) is 0 Å². The summed E-state index contributed by atoms with van der Waals surface area (Å²) in [6.45, 7) is 7.92. The van der Waals surface area contributed by atoms with Crippen LogP contribution >= 0.6 is 0 Å². The molecule has 2 aliphatic carbocycles. The molecule has 1 heterocycles. The van der Waals surface area contributed by atoms with Gasteiger partial charge in [0.05, 0.1) is 28.4 Å². The third-order valence-corrected chi connectivity index (χ3v) is 9.15. The molecule has 6 rings (SSSR count). The zero-order valence-corrected chi connectivity index (χ0v) is 21.7. The van der Waals surface area contributed by atoms with E-state index < -0.39 is 22.7 Å². The summed E-state index contributed by atoms with van der Waals surface area (Å²) in [5, 5.41) is 0. The van der Waals surface area contributed by atoms with Gasteiger partial charge in [-0.05, 0) is 60.6 Å². The van der Waals surface area contributed by atoms with E-state index in [9.17, 15) is 14.4 Å². The van der Waals surface area contributed by atoms with E-state index in [-0.39, 0.29) is 17.6 Å². The number of nitrogens with zero attached hydrogens (tertiary/aromatic N) is 1. The Morgan fingerprint density at radius 1 is 0.676 bits per heavy atom. The second-order valence-corrected chi connectivity index (χ2v) is 10.7. The minimum absolute atomic E-state index is 0.0414. The van der Waals surface area contributed by atoms with Crippen molar-refractivity contribution >= 4 is 34.4 Å². The quantitative estimate of drug-likeness (QED) is 0.389. The summed E-state index contributed by atoms with van der Waals surface area (Å²) in [4.78, 5) is 44.8. The monoisotopic (exact) mass is 489 g/mol. The third kappa shape index (κ3) is 2.76. The molecule has 1 saturated carbocycles. The van der Waals surface area contributed by atoms with Crippen LogP contribution in [0.4, 0.5) is 5.69 Å². The molecule has 4 nitrogen and oxygen atoms in total. The number of rotatable bonds is 5. The molecule has 1 aliphatic heterocycles. The minimum Gasteiger partial charge on any atom is -0.298 e. The topological polar surface area (TPSA) is 54.5 Å². The fraction of sp³-hybridized carbons (Fsp3) is 0.303. The number of anilines is 1. The lowest BCUT2D eigenvalue weighted by atomic mass is 9.60. The number of benzene rings is 3. The van der Waals surface area contributed by atoms with E-state index in [1.165, 1.54) is 4.90 Å². The van der Waals surface area contributed by atoms with Gasteiger partial charge in [0, 0.05) is 0 Å². The van der Waals surface area contributed by atoms with Crippen LogP contribution in [0, 0.1) is 36.5 Å². The number of aryl methyl sites for hydroxylation is 2. The zero-order chi connectivity index (χ0) is 26.1. The Kier molecular flexibility index (Phi) is 5.17.